The average molecular weight is 159 g/mol. The molecule has 1 aromatic carbocycles. The third-order valence-corrected chi connectivity index (χ3v) is 1.02. The van der Waals surface area contributed by atoms with Gasteiger partial charge in [-0.15, -0.1) is 0 Å². The Labute approximate surface area is 86.7 Å². The van der Waals surface area contributed by atoms with Crippen LogP contribution in [0.3, 0.4) is 0 Å². The van der Waals surface area contributed by atoms with Crippen LogP contribution in [-0.4, -0.2) is 6.09 Å². The van der Waals surface area contributed by atoms with Gasteiger partial charge < -0.3 is 15.2 Å². The van der Waals surface area contributed by atoms with Gasteiger partial charge in [0.25, 0.3) is 0 Å². The number of nitrogens with one attached hydrogen (secondary N) is 1. The number of anilines is 1. The Morgan fingerprint density at radius 1 is 1.27 bits per heavy atom. The second-order valence-corrected chi connectivity index (χ2v) is 1.78. The number of benzene rings is 1. The molecule has 0 aromatic heterocycles. The van der Waals surface area contributed by atoms with Crippen LogP contribution < -0.4 is 40.0 Å². The van der Waals surface area contributed by atoms with Gasteiger partial charge in [0.2, 0.25) is 0 Å². The zero-order valence-corrected chi connectivity index (χ0v) is 8.20. The number of carbonyl (C=O) groups excluding carboxylic acids is 1. The van der Waals surface area contributed by atoms with E-state index in [0.717, 1.165) is 0 Å². The van der Waals surface area contributed by atoms with Crippen molar-refractivity contribution in [2.24, 2.45) is 0 Å². The topological polar surface area (TPSA) is 52.2 Å². The first kappa shape index (κ1) is 10.5. The molecule has 4 heteroatoms. The van der Waals surface area contributed by atoms with Crippen LogP contribution in [0.5, 0.6) is 0 Å². The normalized spacial score (nSPS) is 8.00. The minimum Gasteiger partial charge on any atom is -0.530 e. The Bertz CT molecular complexity index is 225. The van der Waals surface area contributed by atoms with Gasteiger partial charge in [-0.05, 0) is 12.1 Å². The number of carboxylic acid groups (broad SMARTS) is 1. The third-order valence-electron chi connectivity index (χ3n) is 1.02. The SMILES string of the molecule is O=C([O-])Nc1ccccc1.[Na+]. The molecule has 1 rings (SSSR count). The van der Waals surface area contributed by atoms with Crippen molar-refractivity contribution in [2.75, 3.05) is 5.32 Å². The molecule has 0 unspecified atom stereocenters. The van der Waals surface area contributed by atoms with Crippen LogP contribution in [0.4, 0.5) is 10.5 Å². The van der Waals surface area contributed by atoms with E-state index in [-0.39, 0.29) is 29.6 Å². The van der Waals surface area contributed by atoms with E-state index in [2.05, 4.69) is 5.32 Å². The van der Waals surface area contributed by atoms with E-state index in [1.165, 1.54) is 0 Å². The molecule has 0 saturated carbocycles. The van der Waals surface area contributed by atoms with Crippen LogP contribution in [-0.2, 0) is 0 Å². The fourth-order valence-corrected chi connectivity index (χ4v) is 0.639. The van der Waals surface area contributed by atoms with E-state index in [1.54, 1.807) is 30.3 Å². The van der Waals surface area contributed by atoms with Crippen molar-refractivity contribution in [3.63, 3.8) is 0 Å². The maximum Gasteiger partial charge on any atom is 1.00 e. The molecule has 0 atom stereocenters. The van der Waals surface area contributed by atoms with Crippen LogP contribution >= 0.6 is 0 Å². The van der Waals surface area contributed by atoms with Gasteiger partial charge in [0.1, 0.15) is 6.09 Å². The molecule has 52 valence electrons. The van der Waals surface area contributed by atoms with Crippen molar-refractivity contribution < 1.29 is 39.5 Å². The van der Waals surface area contributed by atoms with Crippen molar-refractivity contribution in [3.05, 3.63) is 30.3 Å². The van der Waals surface area contributed by atoms with Gasteiger partial charge in [-0.25, -0.2) is 0 Å². The Morgan fingerprint density at radius 2 is 1.82 bits per heavy atom. The summed E-state index contributed by atoms with van der Waals surface area (Å²) in [6.07, 6.45) is -1.29. The Balaban J connectivity index is 0.000001000. The molecule has 11 heavy (non-hydrogen) atoms. The molecule has 0 bridgehead atoms. The van der Waals surface area contributed by atoms with Gasteiger partial charge in [-0.3, -0.25) is 0 Å². The number of hydrogen-bond donors (Lipinski definition) is 1. The van der Waals surface area contributed by atoms with Gasteiger partial charge in [-0.2, -0.15) is 0 Å². The fraction of sp³-hybridized carbons (Fsp3) is 0. The predicted molar refractivity (Wildman–Crippen MR) is 35.5 cm³/mol. The summed E-state index contributed by atoms with van der Waals surface area (Å²) < 4.78 is 0. The van der Waals surface area contributed by atoms with Crippen molar-refractivity contribution >= 4 is 11.8 Å². The van der Waals surface area contributed by atoms with Gasteiger partial charge in [0.15, 0.2) is 0 Å². The molecular weight excluding hydrogens is 153 g/mol. The fourth-order valence-electron chi connectivity index (χ4n) is 0.639. The van der Waals surface area contributed by atoms with E-state index in [1.807, 2.05) is 0 Å². The zero-order chi connectivity index (χ0) is 7.40. The molecule has 0 fully saturated rings. The third kappa shape index (κ3) is 4.03. The van der Waals surface area contributed by atoms with Crippen LogP contribution in [0.2, 0.25) is 0 Å². The van der Waals surface area contributed by atoms with E-state index < -0.39 is 6.09 Å². The molecule has 0 radical (unpaired) electrons. The summed E-state index contributed by atoms with van der Waals surface area (Å²) in [5, 5.41) is 12.1. The van der Waals surface area contributed by atoms with E-state index in [4.69, 9.17) is 0 Å². The average Bonchev–Trinajstić information content (AvgIpc) is 1.88. The maximum atomic E-state index is 9.95. The van der Waals surface area contributed by atoms with Gasteiger partial charge in [-0.1, -0.05) is 18.2 Å². The number of rotatable bonds is 1. The van der Waals surface area contributed by atoms with Gasteiger partial charge in [0.05, 0.1) is 0 Å². The number of carbonyl (C=O) groups is 1. The monoisotopic (exact) mass is 159 g/mol. The second-order valence-electron chi connectivity index (χ2n) is 1.78. The molecule has 0 spiro atoms. The van der Waals surface area contributed by atoms with Crippen LogP contribution in [0, 0.1) is 0 Å². The molecule has 1 amide bonds. The van der Waals surface area contributed by atoms with E-state index in [9.17, 15) is 9.90 Å². The molecule has 1 aromatic rings. The number of amides is 1. The van der Waals surface area contributed by atoms with Crippen molar-refractivity contribution in [2.45, 2.75) is 0 Å². The van der Waals surface area contributed by atoms with Crippen molar-refractivity contribution in [1.29, 1.82) is 0 Å². The molecule has 0 aliphatic heterocycles. The molecule has 0 aliphatic carbocycles. The van der Waals surface area contributed by atoms with Gasteiger partial charge in [0, 0.05) is 5.69 Å². The predicted octanol–water partition coefficient (Wildman–Crippen LogP) is -2.55. The van der Waals surface area contributed by atoms with Crippen LogP contribution in [0.25, 0.3) is 0 Å². The Hall–Kier alpha value is -0.510. The quantitative estimate of drug-likeness (QED) is 0.458. The maximum absolute atomic E-state index is 9.95. The molecule has 1 N–H and O–H groups in total. The summed E-state index contributed by atoms with van der Waals surface area (Å²) in [4.78, 5) is 9.95. The van der Waals surface area contributed by atoms with Gasteiger partial charge >= 0.3 is 29.6 Å². The molecule has 3 nitrogen and oxygen atoms in total. The summed E-state index contributed by atoms with van der Waals surface area (Å²) in [7, 11) is 0. The smallest absolute Gasteiger partial charge is 0.530 e. The van der Waals surface area contributed by atoms with Crippen molar-refractivity contribution in [1.82, 2.24) is 0 Å². The standard InChI is InChI=1S/C7H7NO2.Na/c9-7(10)8-6-4-2-1-3-5-6;/h1-5,8H,(H,9,10);/q;+1/p-1. The van der Waals surface area contributed by atoms with Crippen molar-refractivity contribution in [3.8, 4) is 0 Å². The summed E-state index contributed by atoms with van der Waals surface area (Å²) in [5.74, 6) is 0. The Kier molecular flexibility index (Phi) is 4.94. The first-order valence-corrected chi connectivity index (χ1v) is 2.82. The first-order valence-electron chi connectivity index (χ1n) is 2.82. The summed E-state index contributed by atoms with van der Waals surface area (Å²) in [6, 6.07) is 8.59. The minimum atomic E-state index is -1.29. The second kappa shape index (κ2) is 5.18. The molecule has 0 aliphatic rings. The molecular formula is C7H6NNaO2. The largest absolute Gasteiger partial charge is 1.00 e. The summed E-state index contributed by atoms with van der Waals surface area (Å²) in [5.41, 5.74) is 0.530. The van der Waals surface area contributed by atoms with Crippen LogP contribution in [0.1, 0.15) is 0 Å². The van der Waals surface area contributed by atoms with E-state index in [0.29, 0.717) is 5.69 Å². The van der Waals surface area contributed by atoms with Crippen LogP contribution in [0.15, 0.2) is 30.3 Å². The zero-order valence-electron chi connectivity index (χ0n) is 6.20. The molecule has 0 saturated heterocycles. The number of para-hydroxylation sites is 1. The Morgan fingerprint density at radius 3 is 2.27 bits per heavy atom. The summed E-state index contributed by atoms with van der Waals surface area (Å²) in [6.45, 7) is 0. The summed E-state index contributed by atoms with van der Waals surface area (Å²) >= 11 is 0. The first-order chi connectivity index (χ1) is 4.79. The minimum absolute atomic E-state index is 0. The molecule has 0 heterocycles. The number of hydrogen-bond acceptors (Lipinski definition) is 2. The van der Waals surface area contributed by atoms with E-state index >= 15 is 0 Å².